The zero-order chi connectivity index (χ0) is 14.4. The number of carbonyl (C=O) groups is 1. The summed E-state index contributed by atoms with van der Waals surface area (Å²) < 4.78 is 26.6. The normalized spacial score (nSPS) is 24.3. The lowest BCUT2D eigenvalue weighted by Crippen LogP contribution is -2.42. The van der Waals surface area contributed by atoms with E-state index in [0.29, 0.717) is 11.5 Å². The Morgan fingerprint density at radius 2 is 1.60 bits per heavy atom. The molecule has 3 rings (SSSR count). The van der Waals surface area contributed by atoms with Crippen molar-refractivity contribution >= 4 is 5.97 Å². The van der Waals surface area contributed by atoms with Crippen LogP contribution in [-0.4, -0.2) is 17.0 Å². The fourth-order valence-corrected chi connectivity index (χ4v) is 3.16. The van der Waals surface area contributed by atoms with E-state index in [9.17, 15) is 18.7 Å². The third kappa shape index (κ3) is 2.32. The molecule has 2 aliphatic carbocycles. The molecule has 0 spiro atoms. The minimum atomic E-state index is -2.72. The van der Waals surface area contributed by atoms with Gasteiger partial charge in [-0.25, -0.2) is 8.78 Å². The van der Waals surface area contributed by atoms with Gasteiger partial charge in [-0.05, 0) is 42.7 Å². The van der Waals surface area contributed by atoms with Crippen LogP contribution in [0.3, 0.4) is 0 Å². The van der Waals surface area contributed by atoms with Crippen molar-refractivity contribution in [1.29, 1.82) is 0 Å². The van der Waals surface area contributed by atoms with Crippen LogP contribution in [0.5, 0.6) is 0 Å². The fourth-order valence-electron chi connectivity index (χ4n) is 3.16. The number of hydrogen-bond donors (Lipinski definition) is 1. The van der Waals surface area contributed by atoms with Crippen LogP contribution < -0.4 is 0 Å². The molecule has 0 amide bonds. The van der Waals surface area contributed by atoms with Crippen molar-refractivity contribution in [3.8, 4) is 0 Å². The Morgan fingerprint density at radius 1 is 1.05 bits per heavy atom. The van der Waals surface area contributed by atoms with Crippen LogP contribution in [0.25, 0.3) is 0 Å². The molecule has 0 aliphatic heterocycles. The van der Waals surface area contributed by atoms with Gasteiger partial charge in [-0.3, -0.25) is 4.79 Å². The smallest absolute Gasteiger partial charge is 0.314 e. The van der Waals surface area contributed by atoms with E-state index in [1.54, 1.807) is 0 Å². The van der Waals surface area contributed by atoms with Crippen molar-refractivity contribution in [2.24, 2.45) is 0 Å². The Morgan fingerprint density at radius 3 is 2.05 bits per heavy atom. The maximum atomic E-state index is 13.3. The minimum absolute atomic E-state index is 0.0120. The van der Waals surface area contributed by atoms with Gasteiger partial charge in [0, 0.05) is 12.8 Å². The molecule has 108 valence electrons. The second-order valence-electron chi connectivity index (χ2n) is 6.14. The molecule has 0 heterocycles. The molecule has 1 aromatic rings. The number of carboxylic acids is 1. The van der Waals surface area contributed by atoms with Crippen molar-refractivity contribution in [2.75, 3.05) is 0 Å². The highest BCUT2D eigenvalue weighted by Crippen LogP contribution is 2.46. The predicted molar refractivity (Wildman–Crippen MR) is 71.1 cm³/mol. The quantitative estimate of drug-likeness (QED) is 0.905. The molecule has 20 heavy (non-hydrogen) atoms. The van der Waals surface area contributed by atoms with Gasteiger partial charge in [0.15, 0.2) is 0 Å². The van der Waals surface area contributed by atoms with Crippen molar-refractivity contribution in [3.05, 3.63) is 35.4 Å². The number of benzene rings is 1. The molecule has 2 fully saturated rings. The molecule has 1 N–H and O–H groups in total. The molecule has 0 saturated heterocycles. The first-order chi connectivity index (χ1) is 9.43. The largest absolute Gasteiger partial charge is 0.481 e. The molecular formula is C16H18F2O2. The molecule has 2 nitrogen and oxygen atoms in total. The number of aliphatic carboxylic acids is 1. The van der Waals surface area contributed by atoms with Gasteiger partial charge in [0.25, 0.3) is 0 Å². The van der Waals surface area contributed by atoms with Gasteiger partial charge in [0.2, 0.25) is 5.92 Å². The number of hydrogen-bond acceptors (Lipinski definition) is 1. The molecule has 0 unspecified atom stereocenters. The van der Waals surface area contributed by atoms with Crippen LogP contribution in [0.1, 0.15) is 55.6 Å². The van der Waals surface area contributed by atoms with Crippen molar-refractivity contribution < 1.29 is 18.7 Å². The molecule has 0 atom stereocenters. The number of halogens is 2. The second-order valence-corrected chi connectivity index (χ2v) is 6.14. The van der Waals surface area contributed by atoms with Crippen LogP contribution in [0.15, 0.2) is 24.3 Å². The summed E-state index contributed by atoms with van der Waals surface area (Å²) in [6.07, 6.45) is 1.72. The lowest BCUT2D eigenvalue weighted by atomic mass is 9.68. The molecule has 0 radical (unpaired) electrons. The van der Waals surface area contributed by atoms with Gasteiger partial charge in [-0.15, -0.1) is 0 Å². The average molecular weight is 280 g/mol. The zero-order valence-electron chi connectivity index (χ0n) is 11.2. The van der Waals surface area contributed by atoms with Gasteiger partial charge in [-0.2, -0.15) is 0 Å². The van der Waals surface area contributed by atoms with E-state index >= 15 is 0 Å². The molecule has 2 saturated carbocycles. The summed E-state index contributed by atoms with van der Waals surface area (Å²) in [5.41, 5.74) is 0.768. The van der Waals surface area contributed by atoms with Gasteiger partial charge in [-0.1, -0.05) is 24.3 Å². The van der Waals surface area contributed by atoms with Crippen LogP contribution in [0, 0.1) is 0 Å². The summed E-state index contributed by atoms with van der Waals surface area (Å²) in [5.74, 6) is -3.08. The van der Waals surface area contributed by atoms with Gasteiger partial charge >= 0.3 is 5.97 Å². The van der Waals surface area contributed by atoms with Gasteiger partial charge in [0.05, 0.1) is 5.41 Å². The van der Waals surface area contributed by atoms with Crippen LogP contribution in [0.2, 0.25) is 0 Å². The van der Waals surface area contributed by atoms with Crippen molar-refractivity contribution in [2.45, 2.75) is 55.8 Å². The highest BCUT2D eigenvalue weighted by molar-refractivity contribution is 5.81. The summed E-state index contributed by atoms with van der Waals surface area (Å²) in [7, 11) is 0. The van der Waals surface area contributed by atoms with Crippen LogP contribution >= 0.6 is 0 Å². The standard InChI is InChI=1S/C16H18F2O2/c17-16(18)9-7-15(8-10-16,14(19)20)13-5-3-12(4-6-13)11-1-2-11/h3-6,11H,1-2,7-10H2,(H,19,20). The maximum absolute atomic E-state index is 13.3. The maximum Gasteiger partial charge on any atom is 0.314 e. The third-order valence-electron chi connectivity index (χ3n) is 4.76. The highest BCUT2D eigenvalue weighted by Gasteiger charge is 2.49. The van der Waals surface area contributed by atoms with E-state index in [-0.39, 0.29) is 25.7 Å². The molecule has 1 aromatic carbocycles. The van der Waals surface area contributed by atoms with Crippen LogP contribution in [0.4, 0.5) is 8.78 Å². The Balaban J connectivity index is 1.88. The minimum Gasteiger partial charge on any atom is -0.481 e. The van der Waals surface area contributed by atoms with Crippen LogP contribution in [-0.2, 0) is 10.2 Å². The summed E-state index contributed by atoms with van der Waals surface area (Å²) in [6, 6.07) is 7.57. The van der Waals surface area contributed by atoms with Crippen molar-refractivity contribution in [1.82, 2.24) is 0 Å². The van der Waals surface area contributed by atoms with E-state index in [0.717, 1.165) is 0 Å². The molecule has 4 heteroatoms. The number of alkyl halides is 2. The Hall–Kier alpha value is -1.45. The molecule has 2 aliphatic rings. The first kappa shape index (κ1) is 13.5. The first-order valence-corrected chi connectivity index (χ1v) is 7.15. The highest BCUT2D eigenvalue weighted by atomic mass is 19.3. The zero-order valence-corrected chi connectivity index (χ0v) is 11.2. The third-order valence-corrected chi connectivity index (χ3v) is 4.76. The van der Waals surface area contributed by atoms with E-state index in [1.165, 1.54) is 18.4 Å². The van der Waals surface area contributed by atoms with E-state index in [4.69, 9.17) is 0 Å². The molecular weight excluding hydrogens is 262 g/mol. The summed E-state index contributed by atoms with van der Waals surface area (Å²) in [5, 5.41) is 9.56. The topological polar surface area (TPSA) is 37.3 Å². The average Bonchev–Trinajstić information content (AvgIpc) is 3.23. The summed E-state index contributed by atoms with van der Waals surface area (Å²) >= 11 is 0. The van der Waals surface area contributed by atoms with Gasteiger partial charge < -0.3 is 5.11 Å². The Bertz CT molecular complexity index is 508. The first-order valence-electron chi connectivity index (χ1n) is 7.15. The predicted octanol–water partition coefficient (Wildman–Crippen LogP) is 4.10. The molecule has 0 bridgehead atoms. The van der Waals surface area contributed by atoms with Gasteiger partial charge in [0.1, 0.15) is 0 Å². The number of carboxylic acid groups (broad SMARTS) is 1. The fraction of sp³-hybridized carbons (Fsp3) is 0.562. The SMILES string of the molecule is O=C(O)C1(c2ccc(C3CC3)cc2)CCC(F)(F)CC1. The molecule has 0 aromatic heterocycles. The van der Waals surface area contributed by atoms with Crippen molar-refractivity contribution in [3.63, 3.8) is 0 Å². The lowest BCUT2D eigenvalue weighted by molar-refractivity contribution is -0.149. The number of rotatable bonds is 3. The van der Waals surface area contributed by atoms with E-state index < -0.39 is 17.3 Å². The monoisotopic (exact) mass is 280 g/mol. The Kier molecular flexibility index (Phi) is 3.07. The lowest BCUT2D eigenvalue weighted by Gasteiger charge is -2.37. The second kappa shape index (κ2) is 4.54. The summed E-state index contributed by atoms with van der Waals surface area (Å²) in [4.78, 5) is 11.7. The van der Waals surface area contributed by atoms with E-state index in [1.807, 2.05) is 24.3 Å². The Labute approximate surface area is 116 Å². The van der Waals surface area contributed by atoms with E-state index in [2.05, 4.69) is 0 Å². The summed E-state index contributed by atoms with van der Waals surface area (Å²) in [6.45, 7) is 0.